The van der Waals surface area contributed by atoms with Crippen molar-refractivity contribution in [3.8, 4) is 5.75 Å². The van der Waals surface area contributed by atoms with E-state index in [1.165, 1.54) is 0 Å². The van der Waals surface area contributed by atoms with Crippen molar-refractivity contribution in [1.29, 1.82) is 0 Å². The Hall–Kier alpha value is -3.02. The van der Waals surface area contributed by atoms with Crippen LogP contribution in [0.5, 0.6) is 5.75 Å². The summed E-state index contributed by atoms with van der Waals surface area (Å²) in [7, 11) is 1.68. The van der Waals surface area contributed by atoms with Crippen LogP contribution in [0.15, 0.2) is 18.5 Å². The highest BCUT2D eigenvalue weighted by atomic mass is 16.5. The molecular formula is C27H42N8O3. The molecule has 5 N–H and O–H groups in total. The van der Waals surface area contributed by atoms with E-state index in [1.54, 1.807) is 13.3 Å². The third-order valence-corrected chi connectivity index (χ3v) is 7.08. The van der Waals surface area contributed by atoms with E-state index >= 15 is 0 Å². The average Bonchev–Trinajstić information content (AvgIpc) is 3.26. The first kappa shape index (κ1) is 28.0. The van der Waals surface area contributed by atoms with E-state index in [0.717, 1.165) is 61.3 Å². The largest absolute Gasteiger partial charge is 0.496 e. The summed E-state index contributed by atoms with van der Waals surface area (Å²) in [6.07, 6.45) is 8.05. The molecule has 0 spiro atoms. The quantitative estimate of drug-likeness (QED) is 0.278. The molecule has 11 nitrogen and oxygen atoms in total. The van der Waals surface area contributed by atoms with Gasteiger partial charge in [-0.15, -0.1) is 0 Å². The van der Waals surface area contributed by atoms with E-state index in [2.05, 4.69) is 32.2 Å². The molecule has 3 aromatic heterocycles. The number of ether oxygens (including phenoxy) is 1. The standard InChI is InChI=1S/C27H42N8O3/c1-5-6-20(9-12-36)31-25-24-22(32-26(28)33-25)15-30-35(24)16-19-14-29-21(13-23(19)38-4)18-7-10-34(11-8-18)17-27(2,3)37/h13-15,18,20,36-37H,5-12,16-17H2,1-4H3,(H3,28,31,32,33)/t20-/m0/s1. The minimum Gasteiger partial charge on any atom is -0.496 e. The van der Waals surface area contributed by atoms with Crippen LogP contribution in [0.4, 0.5) is 11.8 Å². The topological polar surface area (TPSA) is 147 Å². The van der Waals surface area contributed by atoms with Crippen molar-refractivity contribution in [2.24, 2.45) is 0 Å². The van der Waals surface area contributed by atoms with Gasteiger partial charge in [-0.3, -0.25) is 9.67 Å². The maximum absolute atomic E-state index is 10.1. The number of aromatic nitrogens is 5. The highest BCUT2D eigenvalue weighted by Gasteiger charge is 2.26. The number of pyridine rings is 1. The molecule has 4 rings (SSSR count). The Balaban J connectivity index is 1.54. The molecule has 4 heterocycles. The lowest BCUT2D eigenvalue weighted by molar-refractivity contribution is 0.0280. The molecule has 0 aromatic carbocycles. The molecule has 1 saturated heterocycles. The molecule has 208 valence electrons. The van der Waals surface area contributed by atoms with Crippen LogP contribution in [-0.2, 0) is 6.54 Å². The second-order valence-electron chi connectivity index (χ2n) is 10.9. The Morgan fingerprint density at radius 3 is 2.63 bits per heavy atom. The maximum atomic E-state index is 10.1. The Kier molecular flexibility index (Phi) is 9.01. The fraction of sp³-hybridized carbons (Fsp3) is 0.630. The fourth-order valence-corrected chi connectivity index (χ4v) is 5.33. The molecule has 3 aromatic rings. The lowest BCUT2D eigenvalue weighted by Crippen LogP contribution is -2.42. The zero-order valence-corrected chi connectivity index (χ0v) is 23.0. The molecule has 0 radical (unpaired) electrons. The van der Waals surface area contributed by atoms with Crippen LogP contribution in [0.25, 0.3) is 11.0 Å². The summed E-state index contributed by atoms with van der Waals surface area (Å²) in [5.74, 6) is 1.91. The van der Waals surface area contributed by atoms with Crippen molar-refractivity contribution >= 4 is 22.8 Å². The van der Waals surface area contributed by atoms with Crippen molar-refractivity contribution in [2.75, 3.05) is 44.4 Å². The number of piperidine rings is 1. The number of methoxy groups -OCH3 is 1. The number of nitrogen functional groups attached to an aromatic ring is 1. The van der Waals surface area contributed by atoms with Gasteiger partial charge in [-0.2, -0.15) is 10.1 Å². The number of likely N-dealkylation sites (tertiary alicyclic amines) is 1. The normalized spacial score (nSPS) is 16.2. The van der Waals surface area contributed by atoms with Gasteiger partial charge in [-0.1, -0.05) is 13.3 Å². The second-order valence-corrected chi connectivity index (χ2v) is 10.9. The van der Waals surface area contributed by atoms with Gasteiger partial charge in [0, 0.05) is 48.6 Å². The molecule has 0 unspecified atom stereocenters. The van der Waals surface area contributed by atoms with E-state index in [9.17, 15) is 10.2 Å². The minimum atomic E-state index is -0.686. The van der Waals surface area contributed by atoms with E-state index in [-0.39, 0.29) is 18.6 Å². The molecular weight excluding hydrogens is 484 g/mol. The number of nitrogens with zero attached hydrogens (tertiary/aromatic N) is 6. The number of nitrogens with one attached hydrogen (secondary N) is 1. The Morgan fingerprint density at radius 1 is 1.21 bits per heavy atom. The molecule has 0 amide bonds. The molecule has 1 aliphatic heterocycles. The van der Waals surface area contributed by atoms with Crippen LogP contribution in [0.3, 0.4) is 0 Å². The van der Waals surface area contributed by atoms with Gasteiger partial charge in [0.1, 0.15) is 16.8 Å². The third kappa shape index (κ3) is 6.89. The van der Waals surface area contributed by atoms with Crippen LogP contribution in [0.1, 0.15) is 70.1 Å². The first-order chi connectivity index (χ1) is 18.2. The van der Waals surface area contributed by atoms with Crippen molar-refractivity contribution in [3.05, 3.63) is 29.7 Å². The van der Waals surface area contributed by atoms with Gasteiger partial charge in [0.15, 0.2) is 5.82 Å². The number of hydrogen-bond donors (Lipinski definition) is 4. The van der Waals surface area contributed by atoms with Gasteiger partial charge in [0.2, 0.25) is 5.95 Å². The van der Waals surface area contributed by atoms with Gasteiger partial charge in [-0.25, -0.2) is 4.98 Å². The molecule has 1 fully saturated rings. The lowest BCUT2D eigenvalue weighted by Gasteiger charge is -2.35. The summed E-state index contributed by atoms with van der Waals surface area (Å²) in [5, 5.41) is 27.7. The summed E-state index contributed by atoms with van der Waals surface area (Å²) >= 11 is 0. The highest BCUT2D eigenvalue weighted by molar-refractivity contribution is 5.86. The highest BCUT2D eigenvalue weighted by Crippen LogP contribution is 2.32. The smallest absolute Gasteiger partial charge is 0.222 e. The molecule has 0 bridgehead atoms. The molecule has 1 atom stereocenters. The Morgan fingerprint density at radius 2 is 1.97 bits per heavy atom. The number of nitrogens with two attached hydrogens (primary N) is 1. The summed E-state index contributed by atoms with van der Waals surface area (Å²) in [6, 6.07) is 2.11. The lowest BCUT2D eigenvalue weighted by atomic mass is 9.92. The fourth-order valence-electron chi connectivity index (χ4n) is 5.33. The van der Waals surface area contributed by atoms with E-state index in [4.69, 9.17) is 15.5 Å². The number of anilines is 2. The number of β-amino-alcohol motifs (C(OH)–C–C–N with tert-alkyl or cyclic N) is 1. The van der Waals surface area contributed by atoms with Crippen molar-refractivity contribution in [2.45, 2.75) is 77.0 Å². The zero-order valence-electron chi connectivity index (χ0n) is 23.0. The Bertz CT molecular complexity index is 1190. The molecule has 1 aliphatic rings. The molecule has 11 heteroatoms. The molecule has 38 heavy (non-hydrogen) atoms. The second kappa shape index (κ2) is 12.2. The third-order valence-electron chi connectivity index (χ3n) is 7.08. The molecule has 0 saturated carbocycles. The van der Waals surface area contributed by atoms with Crippen molar-refractivity contribution in [1.82, 2.24) is 29.6 Å². The minimum absolute atomic E-state index is 0.0659. The number of rotatable bonds is 12. The van der Waals surface area contributed by atoms with Crippen LogP contribution in [0, 0.1) is 0 Å². The SMILES string of the molecule is CCC[C@@H](CCO)Nc1nc(N)nc2cnn(Cc3cnc(C4CCN(CC(C)(C)O)CC4)cc3OC)c12. The summed E-state index contributed by atoms with van der Waals surface area (Å²) < 4.78 is 7.62. The predicted octanol–water partition coefficient (Wildman–Crippen LogP) is 2.77. The zero-order chi connectivity index (χ0) is 27.3. The van der Waals surface area contributed by atoms with Crippen LogP contribution < -0.4 is 15.8 Å². The number of aliphatic hydroxyl groups excluding tert-OH is 1. The van der Waals surface area contributed by atoms with E-state index < -0.39 is 5.60 Å². The van der Waals surface area contributed by atoms with Gasteiger partial charge in [-0.05, 0) is 52.6 Å². The monoisotopic (exact) mass is 526 g/mol. The van der Waals surface area contributed by atoms with Gasteiger partial charge in [0.25, 0.3) is 0 Å². The van der Waals surface area contributed by atoms with Gasteiger partial charge >= 0.3 is 0 Å². The first-order valence-corrected chi connectivity index (χ1v) is 13.5. The van der Waals surface area contributed by atoms with Gasteiger partial charge in [0.05, 0.1) is 25.5 Å². The van der Waals surface area contributed by atoms with E-state index in [0.29, 0.717) is 36.8 Å². The summed E-state index contributed by atoms with van der Waals surface area (Å²) in [4.78, 5) is 16.0. The van der Waals surface area contributed by atoms with Crippen LogP contribution >= 0.6 is 0 Å². The number of fused-ring (bicyclic) bond motifs is 1. The number of hydrogen-bond acceptors (Lipinski definition) is 10. The summed E-state index contributed by atoms with van der Waals surface area (Å²) in [6.45, 7) is 8.90. The van der Waals surface area contributed by atoms with Crippen LogP contribution in [0.2, 0.25) is 0 Å². The van der Waals surface area contributed by atoms with Gasteiger partial charge < -0.3 is 30.9 Å². The summed E-state index contributed by atoms with van der Waals surface area (Å²) in [5.41, 5.74) is 8.65. The Labute approximate surface area is 224 Å². The van der Waals surface area contributed by atoms with Crippen molar-refractivity contribution in [3.63, 3.8) is 0 Å². The molecule has 0 aliphatic carbocycles. The maximum Gasteiger partial charge on any atom is 0.222 e. The average molecular weight is 527 g/mol. The van der Waals surface area contributed by atoms with E-state index in [1.807, 2.05) is 30.8 Å². The predicted molar refractivity (Wildman–Crippen MR) is 148 cm³/mol. The number of aliphatic hydroxyl groups is 2. The van der Waals surface area contributed by atoms with Crippen LogP contribution in [-0.4, -0.2) is 84.8 Å². The first-order valence-electron chi connectivity index (χ1n) is 13.5. The van der Waals surface area contributed by atoms with Crippen molar-refractivity contribution < 1.29 is 14.9 Å².